The van der Waals surface area contributed by atoms with Gasteiger partial charge in [-0.15, -0.1) is 0 Å². The van der Waals surface area contributed by atoms with Gasteiger partial charge in [-0.1, -0.05) is 6.92 Å². The average Bonchev–Trinajstić information content (AvgIpc) is 2.88. The molecule has 15 heavy (non-hydrogen) atoms. The van der Waals surface area contributed by atoms with E-state index >= 15 is 0 Å². The van der Waals surface area contributed by atoms with E-state index in [4.69, 9.17) is 0 Å². The molecular weight excluding hydrogens is 193 g/mol. The van der Waals surface area contributed by atoms with E-state index in [1.54, 1.807) is 13.0 Å². The number of benzene rings is 1. The van der Waals surface area contributed by atoms with Crippen molar-refractivity contribution in [3.63, 3.8) is 0 Å². The van der Waals surface area contributed by atoms with E-state index in [2.05, 4.69) is 12.2 Å². The minimum absolute atomic E-state index is 0.0530. The fraction of sp³-hybridized carbons (Fsp3) is 0.417. The molecule has 0 spiro atoms. The van der Waals surface area contributed by atoms with E-state index in [-0.39, 0.29) is 17.6 Å². The summed E-state index contributed by atoms with van der Waals surface area (Å²) >= 11 is 0. The zero-order valence-corrected chi connectivity index (χ0v) is 8.88. The summed E-state index contributed by atoms with van der Waals surface area (Å²) in [6, 6.07) is 4.39. The second-order valence-corrected chi connectivity index (χ2v) is 4.27. The van der Waals surface area contributed by atoms with Crippen molar-refractivity contribution in [2.75, 3.05) is 5.32 Å². The Balaban J connectivity index is 2.07. The number of halogens is 1. The third kappa shape index (κ3) is 2.17. The Labute approximate surface area is 88.5 Å². The van der Waals surface area contributed by atoms with Crippen LogP contribution in [0.1, 0.15) is 18.9 Å². The van der Waals surface area contributed by atoms with Crippen LogP contribution >= 0.6 is 0 Å². The number of hydrogen-bond donors (Lipinski definition) is 1. The van der Waals surface area contributed by atoms with Crippen LogP contribution in [0.2, 0.25) is 0 Å². The fourth-order valence-electron chi connectivity index (χ4n) is 1.68. The molecule has 0 aliphatic heterocycles. The highest BCUT2D eigenvalue weighted by molar-refractivity contribution is 5.94. The first-order valence-electron chi connectivity index (χ1n) is 5.15. The van der Waals surface area contributed by atoms with Crippen LogP contribution in [0, 0.1) is 24.6 Å². The van der Waals surface area contributed by atoms with Crippen LogP contribution in [0.5, 0.6) is 0 Å². The standard InChI is InChI=1S/C12H14FNO/c1-7-6-10(7)12(15)14-11-4-3-9(13)5-8(11)2/h3-5,7,10H,6H2,1-2H3,(H,14,15)/t7-,10-/m0/s1. The monoisotopic (exact) mass is 207 g/mol. The van der Waals surface area contributed by atoms with Gasteiger partial charge in [-0.3, -0.25) is 4.79 Å². The fourth-order valence-corrected chi connectivity index (χ4v) is 1.68. The van der Waals surface area contributed by atoms with Gasteiger partial charge in [0.05, 0.1) is 0 Å². The summed E-state index contributed by atoms with van der Waals surface area (Å²) in [4.78, 5) is 11.6. The largest absolute Gasteiger partial charge is 0.326 e. The molecule has 2 atom stereocenters. The lowest BCUT2D eigenvalue weighted by Crippen LogP contribution is -2.15. The SMILES string of the molecule is Cc1cc(F)ccc1NC(=O)[C@H]1C[C@@H]1C. The molecule has 1 aromatic carbocycles. The lowest BCUT2D eigenvalue weighted by atomic mass is 10.2. The number of anilines is 1. The number of carbonyl (C=O) groups excluding carboxylic acids is 1. The molecule has 0 bridgehead atoms. The van der Waals surface area contributed by atoms with Gasteiger partial charge >= 0.3 is 0 Å². The minimum Gasteiger partial charge on any atom is -0.326 e. The Morgan fingerprint density at radius 3 is 2.73 bits per heavy atom. The van der Waals surface area contributed by atoms with Crippen molar-refractivity contribution >= 4 is 11.6 Å². The smallest absolute Gasteiger partial charge is 0.227 e. The first kappa shape index (κ1) is 10.1. The van der Waals surface area contributed by atoms with Crippen LogP contribution in [0.15, 0.2) is 18.2 Å². The molecule has 2 nitrogen and oxygen atoms in total. The van der Waals surface area contributed by atoms with Gasteiger partial charge < -0.3 is 5.32 Å². The quantitative estimate of drug-likeness (QED) is 0.793. The number of aryl methyl sites for hydroxylation is 1. The number of amides is 1. The van der Waals surface area contributed by atoms with Gasteiger partial charge in [0.1, 0.15) is 5.82 Å². The van der Waals surface area contributed by atoms with Gasteiger partial charge in [0.25, 0.3) is 0 Å². The molecule has 1 N–H and O–H groups in total. The molecule has 0 unspecified atom stereocenters. The maximum absolute atomic E-state index is 12.8. The van der Waals surface area contributed by atoms with Crippen molar-refractivity contribution in [2.24, 2.45) is 11.8 Å². The zero-order valence-electron chi connectivity index (χ0n) is 8.88. The summed E-state index contributed by atoms with van der Waals surface area (Å²) in [5.41, 5.74) is 1.47. The van der Waals surface area contributed by atoms with Gasteiger partial charge in [-0.2, -0.15) is 0 Å². The molecule has 0 saturated heterocycles. The molecule has 0 radical (unpaired) electrons. The molecule has 1 saturated carbocycles. The molecular formula is C12H14FNO. The molecule has 0 aromatic heterocycles. The topological polar surface area (TPSA) is 29.1 Å². The van der Waals surface area contributed by atoms with E-state index in [1.807, 2.05) is 0 Å². The summed E-state index contributed by atoms with van der Waals surface area (Å²) in [5, 5.41) is 2.82. The Hall–Kier alpha value is -1.38. The Morgan fingerprint density at radius 2 is 2.20 bits per heavy atom. The number of nitrogens with one attached hydrogen (secondary N) is 1. The molecule has 0 heterocycles. The van der Waals surface area contributed by atoms with Crippen LogP contribution in [-0.2, 0) is 4.79 Å². The molecule has 1 aliphatic rings. The van der Waals surface area contributed by atoms with E-state index in [9.17, 15) is 9.18 Å². The molecule has 1 aromatic rings. The van der Waals surface area contributed by atoms with Crippen molar-refractivity contribution in [1.29, 1.82) is 0 Å². The summed E-state index contributed by atoms with van der Waals surface area (Å²) in [6.07, 6.45) is 0.964. The molecule has 1 amide bonds. The van der Waals surface area contributed by atoms with Gasteiger partial charge in [0.2, 0.25) is 5.91 Å². The van der Waals surface area contributed by atoms with Gasteiger partial charge in [0.15, 0.2) is 0 Å². The molecule has 3 heteroatoms. The lowest BCUT2D eigenvalue weighted by molar-refractivity contribution is -0.117. The van der Waals surface area contributed by atoms with Crippen LogP contribution in [-0.4, -0.2) is 5.91 Å². The van der Waals surface area contributed by atoms with E-state index in [0.29, 0.717) is 11.6 Å². The van der Waals surface area contributed by atoms with Gasteiger partial charge in [-0.05, 0) is 43.0 Å². The normalized spacial score (nSPS) is 23.7. The predicted molar refractivity (Wildman–Crippen MR) is 57.0 cm³/mol. The zero-order chi connectivity index (χ0) is 11.0. The average molecular weight is 207 g/mol. The Bertz CT molecular complexity index is 403. The minimum atomic E-state index is -0.273. The van der Waals surface area contributed by atoms with E-state index in [1.165, 1.54) is 12.1 Å². The van der Waals surface area contributed by atoms with Gasteiger partial charge in [0, 0.05) is 11.6 Å². The lowest BCUT2D eigenvalue weighted by Gasteiger charge is -2.07. The molecule has 80 valence electrons. The Morgan fingerprint density at radius 1 is 1.53 bits per heavy atom. The molecule has 2 rings (SSSR count). The van der Waals surface area contributed by atoms with Gasteiger partial charge in [-0.25, -0.2) is 4.39 Å². The van der Waals surface area contributed by atoms with Crippen molar-refractivity contribution in [3.8, 4) is 0 Å². The summed E-state index contributed by atoms with van der Waals surface area (Å²) in [5.74, 6) is 0.419. The highest BCUT2D eigenvalue weighted by Gasteiger charge is 2.39. The third-order valence-corrected chi connectivity index (χ3v) is 2.89. The van der Waals surface area contributed by atoms with Crippen molar-refractivity contribution in [2.45, 2.75) is 20.3 Å². The van der Waals surface area contributed by atoms with Crippen molar-refractivity contribution in [3.05, 3.63) is 29.6 Å². The van der Waals surface area contributed by atoms with Crippen LogP contribution in [0.3, 0.4) is 0 Å². The highest BCUT2D eigenvalue weighted by atomic mass is 19.1. The van der Waals surface area contributed by atoms with Crippen molar-refractivity contribution < 1.29 is 9.18 Å². The third-order valence-electron chi connectivity index (χ3n) is 2.89. The van der Waals surface area contributed by atoms with Crippen LogP contribution in [0.4, 0.5) is 10.1 Å². The highest BCUT2D eigenvalue weighted by Crippen LogP contribution is 2.38. The van der Waals surface area contributed by atoms with E-state index < -0.39 is 0 Å². The first-order valence-corrected chi connectivity index (χ1v) is 5.15. The predicted octanol–water partition coefficient (Wildman–Crippen LogP) is 2.73. The number of hydrogen-bond acceptors (Lipinski definition) is 1. The molecule has 1 fully saturated rings. The summed E-state index contributed by atoms with van der Waals surface area (Å²) < 4.78 is 12.8. The second kappa shape index (κ2) is 3.65. The van der Waals surface area contributed by atoms with E-state index in [0.717, 1.165) is 12.0 Å². The van der Waals surface area contributed by atoms with Crippen LogP contribution < -0.4 is 5.32 Å². The Kier molecular flexibility index (Phi) is 2.47. The molecule has 1 aliphatic carbocycles. The van der Waals surface area contributed by atoms with Crippen LogP contribution in [0.25, 0.3) is 0 Å². The first-order chi connectivity index (χ1) is 7.08. The second-order valence-electron chi connectivity index (χ2n) is 4.27. The number of carbonyl (C=O) groups is 1. The summed E-state index contributed by atoms with van der Waals surface area (Å²) in [6.45, 7) is 3.84. The maximum Gasteiger partial charge on any atom is 0.227 e. The maximum atomic E-state index is 12.8. The van der Waals surface area contributed by atoms with Crippen molar-refractivity contribution in [1.82, 2.24) is 0 Å². The number of rotatable bonds is 2. The summed E-state index contributed by atoms with van der Waals surface area (Å²) in [7, 11) is 0.